The van der Waals surface area contributed by atoms with Gasteiger partial charge < -0.3 is 5.32 Å². The van der Waals surface area contributed by atoms with Gasteiger partial charge in [-0.05, 0) is 19.0 Å². The second-order valence-corrected chi connectivity index (χ2v) is 3.87. The molecule has 0 bridgehead atoms. The highest BCUT2D eigenvalue weighted by atomic mass is 15.0. The van der Waals surface area contributed by atoms with Gasteiger partial charge in [0.05, 0.1) is 0 Å². The molecule has 2 aromatic rings. The van der Waals surface area contributed by atoms with Gasteiger partial charge in [-0.15, -0.1) is 0 Å². The van der Waals surface area contributed by atoms with E-state index in [9.17, 15) is 0 Å². The number of nitrogens with one attached hydrogen (secondary N) is 1. The summed E-state index contributed by atoms with van der Waals surface area (Å²) in [5, 5.41) is 3.29. The molecule has 2 aromatic heterocycles. The maximum absolute atomic E-state index is 4.54. The molecule has 0 aromatic carbocycles. The Bertz CT molecular complexity index is 498. The topological polar surface area (TPSA) is 63.6 Å². The zero-order chi connectivity index (χ0) is 12.8. The van der Waals surface area contributed by atoms with E-state index in [4.69, 9.17) is 0 Å². The first-order chi connectivity index (χ1) is 8.85. The van der Waals surface area contributed by atoms with Crippen LogP contribution in [0.1, 0.15) is 25.1 Å². The zero-order valence-corrected chi connectivity index (χ0v) is 10.7. The van der Waals surface area contributed by atoms with Gasteiger partial charge in [-0.2, -0.15) is 0 Å². The minimum atomic E-state index is 0.571. The molecule has 0 unspecified atom stereocenters. The van der Waals surface area contributed by atoms with Crippen molar-refractivity contribution in [2.24, 2.45) is 0 Å². The summed E-state index contributed by atoms with van der Waals surface area (Å²) in [4.78, 5) is 17.2. The third-order valence-corrected chi connectivity index (χ3v) is 2.62. The highest BCUT2D eigenvalue weighted by molar-refractivity contribution is 5.42. The van der Waals surface area contributed by atoms with Crippen LogP contribution in [-0.2, 0) is 13.0 Å². The van der Waals surface area contributed by atoms with Gasteiger partial charge in [-0.25, -0.2) is 19.9 Å². The van der Waals surface area contributed by atoms with E-state index < -0.39 is 0 Å². The fourth-order valence-corrected chi connectivity index (χ4v) is 1.68. The lowest BCUT2D eigenvalue weighted by Gasteiger charge is -2.08. The van der Waals surface area contributed by atoms with E-state index in [1.165, 1.54) is 0 Å². The van der Waals surface area contributed by atoms with Gasteiger partial charge in [0.15, 0.2) is 11.6 Å². The number of rotatable bonds is 5. The summed E-state index contributed by atoms with van der Waals surface area (Å²) in [6, 6.07) is 1.78. The summed E-state index contributed by atoms with van der Waals surface area (Å²) >= 11 is 0. The van der Waals surface area contributed by atoms with Crippen LogP contribution in [0.25, 0.3) is 11.6 Å². The van der Waals surface area contributed by atoms with Crippen molar-refractivity contribution in [2.45, 2.75) is 26.8 Å². The molecule has 0 fully saturated rings. The van der Waals surface area contributed by atoms with Crippen molar-refractivity contribution >= 4 is 0 Å². The van der Waals surface area contributed by atoms with Crippen LogP contribution >= 0.6 is 0 Å². The van der Waals surface area contributed by atoms with Gasteiger partial charge in [0, 0.05) is 36.4 Å². The molecule has 0 spiro atoms. The molecule has 0 atom stereocenters. The molecule has 0 aliphatic heterocycles. The summed E-state index contributed by atoms with van der Waals surface area (Å²) in [5.74, 6) is 1.16. The van der Waals surface area contributed by atoms with Crippen LogP contribution in [-0.4, -0.2) is 26.5 Å². The molecule has 94 valence electrons. The fraction of sp³-hybridized carbons (Fsp3) is 0.385. The van der Waals surface area contributed by atoms with Gasteiger partial charge in [0.2, 0.25) is 0 Å². The van der Waals surface area contributed by atoms with Gasteiger partial charge in [0.1, 0.15) is 0 Å². The van der Waals surface area contributed by atoms with E-state index in [0.29, 0.717) is 11.6 Å². The van der Waals surface area contributed by atoms with Gasteiger partial charge >= 0.3 is 0 Å². The van der Waals surface area contributed by atoms with E-state index in [-0.39, 0.29) is 0 Å². The Morgan fingerprint density at radius 1 is 1.06 bits per heavy atom. The predicted molar refractivity (Wildman–Crippen MR) is 69.8 cm³/mol. The summed E-state index contributed by atoms with van der Waals surface area (Å²) < 4.78 is 0. The molecule has 2 rings (SSSR count). The molecule has 5 heteroatoms. The molecule has 0 aliphatic carbocycles. The van der Waals surface area contributed by atoms with Crippen molar-refractivity contribution in [1.29, 1.82) is 0 Å². The molecule has 2 heterocycles. The quantitative estimate of drug-likeness (QED) is 0.864. The van der Waals surface area contributed by atoms with E-state index in [2.05, 4.69) is 39.1 Å². The molecular formula is C13H17N5. The van der Waals surface area contributed by atoms with E-state index >= 15 is 0 Å². The van der Waals surface area contributed by atoms with Crippen molar-refractivity contribution in [3.8, 4) is 11.6 Å². The molecule has 0 aliphatic rings. The standard InChI is InChI=1S/C13H17N5/c1-3-11-10(8-14-4-2)9-17-13(18-11)12-15-6-5-7-16-12/h5-7,9,14H,3-4,8H2,1-2H3. The molecule has 18 heavy (non-hydrogen) atoms. The average molecular weight is 243 g/mol. The third-order valence-electron chi connectivity index (χ3n) is 2.62. The van der Waals surface area contributed by atoms with Crippen molar-refractivity contribution < 1.29 is 0 Å². The van der Waals surface area contributed by atoms with Crippen molar-refractivity contribution in [2.75, 3.05) is 6.54 Å². The van der Waals surface area contributed by atoms with Crippen molar-refractivity contribution in [3.63, 3.8) is 0 Å². The maximum Gasteiger partial charge on any atom is 0.197 e. The van der Waals surface area contributed by atoms with Crippen LogP contribution in [0.2, 0.25) is 0 Å². The third kappa shape index (κ3) is 2.87. The average Bonchev–Trinajstić information content (AvgIpc) is 2.46. The maximum atomic E-state index is 4.54. The van der Waals surface area contributed by atoms with E-state index in [1.807, 2.05) is 6.20 Å². The number of hydrogen-bond donors (Lipinski definition) is 1. The van der Waals surface area contributed by atoms with Crippen LogP contribution in [0.3, 0.4) is 0 Å². The SMILES string of the molecule is CCNCc1cnc(-c2ncccn2)nc1CC. The van der Waals surface area contributed by atoms with E-state index in [0.717, 1.165) is 30.8 Å². The minimum Gasteiger partial charge on any atom is -0.313 e. The largest absolute Gasteiger partial charge is 0.313 e. The summed E-state index contributed by atoms with van der Waals surface area (Å²) in [7, 11) is 0. The lowest BCUT2D eigenvalue weighted by atomic mass is 10.2. The highest BCUT2D eigenvalue weighted by Gasteiger charge is 2.08. The molecule has 0 saturated carbocycles. The molecular weight excluding hydrogens is 226 g/mol. The Balaban J connectivity index is 2.30. The Kier molecular flexibility index (Phi) is 4.30. The first-order valence-electron chi connectivity index (χ1n) is 6.18. The Morgan fingerprint density at radius 3 is 2.50 bits per heavy atom. The first-order valence-corrected chi connectivity index (χ1v) is 6.18. The normalized spacial score (nSPS) is 10.6. The van der Waals surface area contributed by atoms with Crippen LogP contribution in [0.15, 0.2) is 24.7 Å². The second kappa shape index (κ2) is 6.16. The Hall–Kier alpha value is -1.88. The lowest BCUT2D eigenvalue weighted by Crippen LogP contribution is -2.14. The van der Waals surface area contributed by atoms with Crippen LogP contribution in [0.5, 0.6) is 0 Å². The zero-order valence-electron chi connectivity index (χ0n) is 10.7. The van der Waals surface area contributed by atoms with Gasteiger partial charge in [0.25, 0.3) is 0 Å². The number of hydrogen-bond acceptors (Lipinski definition) is 5. The van der Waals surface area contributed by atoms with Gasteiger partial charge in [-0.3, -0.25) is 0 Å². The number of aromatic nitrogens is 4. The summed E-state index contributed by atoms with van der Waals surface area (Å²) in [6.45, 7) is 5.91. The number of aryl methyl sites for hydroxylation is 1. The summed E-state index contributed by atoms with van der Waals surface area (Å²) in [6.07, 6.45) is 6.14. The monoisotopic (exact) mass is 243 g/mol. The fourth-order valence-electron chi connectivity index (χ4n) is 1.68. The van der Waals surface area contributed by atoms with Crippen molar-refractivity contribution in [1.82, 2.24) is 25.3 Å². The van der Waals surface area contributed by atoms with Crippen LogP contribution < -0.4 is 5.32 Å². The molecule has 5 nitrogen and oxygen atoms in total. The second-order valence-electron chi connectivity index (χ2n) is 3.87. The van der Waals surface area contributed by atoms with Crippen LogP contribution in [0, 0.1) is 0 Å². The molecule has 0 radical (unpaired) electrons. The minimum absolute atomic E-state index is 0.571. The molecule has 0 saturated heterocycles. The highest BCUT2D eigenvalue weighted by Crippen LogP contribution is 2.12. The van der Waals surface area contributed by atoms with Crippen molar-refractivity contribution in [3.05, 3.63) is 35.9 Å². The number of nitrogens with zero attached hydrogens (tertiary/aromatic N) is 4. The Morgan fingerprint density at radius 2 is 1.83 bits per heavy atom. The van der Waals surface area contributed by atoms with Crippen LogP contribution in [0.4, 0.5) is 0 Å². The van der Waals surface area contributed by atoms with Gasteiger partial charge in [-0.1, -0.05) is 13.8 Å². The Labute approximate surface area is 107 Å². The lowest BCUT2D eigenvalue weighted by molar-refractivity contribution is 0.711. The smallest absolute Gasteiger partial charge is 0.197 e. The predicted octanol–water partition coefficient (Wildman–Crippen LogP) is 1.61. The molecule has 0 amide bonds. The molecule has 1 N–H and O–H groups in total. The summed E-state index contributed by atoms with van der Waals surface area (Å²) in [5.41, 5.74) is 2.19. The van der Waals surface area contributed by atoms with E-state index in [1.54, 1.807) is 18.5 Å². The first kappa shape index (κ1) is 12.6.